The molecule has 0 atom stereocenters. The van der Waals surface area contributed by atoms with E-state index < -0.39 is 0 Å². The molecule has 2 aromatic rings. The minimum Gasteiger partial charge on any atom is -0.488 e. The van der Waals surface area contributed by atoms with Crippen molar-refractivity contribution in [2.24, 2.45) is 0 Å². The molecular formula is C17H20BrNO. The minimum atomic E-state index is 0.597. The molecule has 0 heterocycles. The van der Waals surface area contributed by atoms with Gasteiger partial charge in [-0.05, 0) is 44.2 Å². The molecule has 106 valence electrons. The topological polar surface area (TPSA) is 21.3 Å². The summed E-state index contributed by atoms with van der Waals surface area (Å²) >= 11 is 3.54. The molecule has 2 nitrogen and oxygen atoms in total. The zero-order valence-corrected chi connectivity index (χ0v) is 13.8. The monoisotopic (exact) mass is 333 g/mol. The van der Waals surface area contributed by atoms with Gasteiger partial charge in [-0.15, -0.1) is 0 Å². The van der Waals surface area contributed by atoms with Crippen LogP contribution in [0.25, 0.3) is 0 Å². The van der Waals surface area contributed by atoms with E-state index in [0.717, 1.165) is 22.3 Å². The van der Waals surface area contributed by atoms with Gasteiger partial charge in [0.25, 0.3) is 0 Å². The van der Waals surface area contributed by atoms with Crippen LogP contribution in [-0.2, 0) is 13.2 Å². The number of benzene rings is 2. The molecule has 20 heavy (non-hydrogen) atoms. The second kappa shape index (κ2) is 6.91. The van der Waals surface area contributed by atoms with E-state index >= 15 is 0 Å². The molecule has 0 amide bonds. The average Bonchev–Trinajstić information content (AvgIpc) is 2.40. The summed E-state index contributed by atoms with van der Waals surface area (Å²) in [5.41, 5.74) is 4.78. The number of aryl methyl sites for hydroxylation is 2. The summed E-state index contributed by atoms with van der Waals surface area (Å²) in [4.78, 5) is 0. The first-order chi connectivity index (χ1) is 9.60. The summed E-state index contributed by atoms with van der Waals surface area (Å²) in [6.45, 7) is 5.56. The lowest BCUT2D eigenvalue weighted by molar-refractivity contribution is 0.300. The molecule has 2 rings (SSSR count). The lowest BCUT2D eigenvalue weighted by Gasteiger charge is -2.15. The van der Waals surface area contributed by atoms with Gasteiger partial charge in [0.1, 0.15) is 12.4 Å². The molecule has 0 unspecified atom stereocenters. The average molecular weight is 334 g/mol. The first-order valence-electron chi connectivity index (χ1n) is 6.72. The predicted octanol–water partition coefficient (Wildman–Crippen LogP) is 4.36. The van der Waals surface area contributed by atoms with Gasteiger partial charge in [-0.2, -0.15) is 0 Å². The molecule has 2 aromatic carbocycles. The Morgan fingerprint density at radius 1 is 1.10 bits per heavy atom. The molecule has 0 aliphatic carbocycles. The molecule has 0 bridgehead atoms. The van der Waals surface area contributed by atoms with Gasteiger partial charge in [-0.1, -0.05) is 45.8 Å². The highest BCUT2D eigenvalue weighted by Gasteiger charge is 2.09. The molecule has 0 radical (unpaired) electrons. The highest BCUT2D eigenvalue weighted by atomic mass is 79.9. The largest absolute Gasteiger partial charge is 0.488 e. The third kappa shape index (κ3) is 3.84. The summed E-state index contributed by atoms with van der Waals surface area (Å²) < 4.78 is 7.13. The number of rotatable bonds is 5. The maximum atomic E-state index is 6.04. The Bertz CT molecular complexity index is 578. The minimum absolute atomic E-state index is 0.597. The fourth-order valence-electron chi connectivity index (χ4n) is 2.17. The number of ether oxygens (including phenoxy) is 1. The van der Waals surface area contributed by atoms with Crippen LogP contribution in [0.4, 0.5) is 0 Å². The van der Waals surface area contributed by atoms with Crippen LogP contribution in [0.2, 0.25) is 0 Å². The van der Waals surface area contributed by atoms with Gasteiger partial charge in [-0.25, -0.2) is 0 Å². The number of halogens is 1. The quantitative estimate of drug-likeness (QED) is 0.877. The number of hydrogen-bond acceptors (Lipinski definition) is 2. The maximum absolute atomic E-state index is 6.04. The van der Waals surface area contributed by atoms with Crippen molar-refractivity contribution in [1.29, 1.82) is 0 Å². The van der Waals surface area contributed by atoms with Crippen molar-refractivity contribution in [3.63, 3.8) is 0 Å². The van der Waals surface area contributed by atoms with Gasteiger partial charge >= 0.3 is 0 Å². The second-order valence-electron chi connectivity index (χ2n) is 5.02. The number of nitrogens with one attached hydrogen (secondary N) is 1. The zero-order valence-electron chi connectivity index (χ0n) is 12.2. The molecule has 0 fully saturated rings. The van der Waals surface area contributed by atoms with E-state index in [9.17, 15) is 0 Å². The van der Waals surface area contributed by atoms with Crippen LogP contribution < -0.4 is 10.1 Å². The summed E-state index contributed by atoms with van der Waals surface area (Å²) in [6, 6.07) is 12.6. The second-order valence-corrected chi connectivity index (χ2v) is 5.93. The molecule has 0 saturated heterocycles. The SMILES string of the molecule is CNCc1cc(Br)cc(C)c1OCc1ccc(C)cc1. The van der Waals surface area contributed by atoms with Gasteiger partial charge < -0.3 is 10.1 Å². The summed E-state index contributed by atoms with van der Waals surface area (Å²) in [5.74, 6) is 0.975. The van der Waals surface area contributed by atoms with Gasteiger partial charge in [-0.3, -0.25) is 0 Å². The fraction of sp³-hybridized carbons (Fsp3) is 0.294. The molecule has 3 heteroatoms. The van der Waals surface area contributed by atoms with Crippen molar-refractivity contribution in [1.82, 2.24) is 5.32 Å². The van der Waals surface area contributed by atoms with Crippen LogP contribution >= 0.6 is 15.9 Å². The molecule has 0 aromatic heterocycles. The van der Waals surface area contributed by atoms with Crippen molar-refractivity contribution < 1.29 is 4.74 Å². The smallest absolute Gasteiger partial charge is 0.127 e. The lowest BCUT2D eigenvalue weighted by Crippen LogP contribution is -2.08. The van der Waals surface area contributed by atoms with E-state index in [1.807, 2.05) is 7.05 Å². The highest BCUT2D eigenvalue weighted by Crippen LogP contribution is 2.28. The number of hydrogen-bond donors (Lipinski definition) is 1. The first-order valence-corrected chi connectivity index (χ1v) is 7.51. The third-order valence-corrected chi connectivity index (χ3v) is 3.65. The van der Waals surface area contributed by atoms with Crippen LogP contribution in [0.15, 0.2) is 40.9 Å². The van der Waals surface area contributed by atoms with Crippen LogP contribution in [-0.4, -0.2) is 7.05 Å². The van der Waals surface area contributed by atoms with E-state index in [-0.39, 0.29) is 0 Å². The van der Waals surface area contributed by atoms with Gasteiger partial charge in [0.2, 0.25) is 0 Å². The lowest BCUT2D eigenvalue weighted by atomic mass is 10.1. The maximum Gasteiger partial charge on any atom is 0.127 e. The molecule has 0 saturated carbocycles. The summed E-state index contributed by atoms with van der Waals surface area (Å²) in [5, 5.41) is 3.18. The summed E-state index contributed by atoms with van der Waals surface area (Å²) in [7, 11) is 1.94. The standard InChI is InChI=1S/C17H20BrNO/c1-12-4-6-14(7-5-12)11-20-17-13(2)8-16(18)9-15(17)10-19-3/h4-9,19H,10-11H2,1-3H3. The predicted molar refractivity (Wildman–Crippen MR) is 87.2 cm³/mol. The zero-order chi connectivity index (χ0) is 14.5. The van der Waals surface area contributed by atoms with Crippen LogP contribution in [0.3, 0.4) is 0 Å². The first kappa shape index (κ1) is 15.1. The molecule has 0 spiro atoms. The Balaban J connectivity index is 2.17. The molecule has 0 aliphatic rings. The van der Waals surface area contributed by atoms with Crippen molar-refractivity contribution in [2.75, 3.05) is 7.05 Å². The molecule has 0 aliphatic heterocycles. The van der Waals surface area contributed by atoms with E-state index in [1.54, 1.807) is 0 Å². The Kier molecular flexibility index (Phi) is 5.21. The van der Waals surface area contributed by atoms with Gasteiger partial charge in [0.05, 0.1) is 0 Å². The summed E-state index contributed by atoms with van der Waals surface area (Å²) in [6.07, 6.45) is 0. The Hall–Kier alpha value is -1.32. The van der Waals surface area contributed by atoms with Crippen molar-refractivity contribution in [2.45, 2.75) is 27.0 Å². The van der Waals surface area contributed by atoms with Crippen LogP contribution in [0.1, 0.15) is 22.3 Å². The van der Waals surface area contributed by atoms with Crippen molar-refractivity contribution >= 4 is 15.9 Å². The van der Waals surface area contributed by atoms with E-state index in [0.29, 0.717) is 6.61 Å². The van der Waals surface area contributed by atoms with Crippen molar-refractivity contribution in [3.8, 4) is 5.75 Å². The Morgan fingerprint density at radius 3 is 2.45 bits per heavy atom. The molecule has 1 N–H and O–H groups in total. The Labute approximate surface area is 129 Å². The van der Waals surface area contributed by atoms with E-state index in [1.165, 1.54) is 16.7 Å². The highest BCUT2D eigenvalue weighted by molar-refractivity contribution is 9.10. The third-order valence-electron chi connectivity index (χ3n) is 3.19. The van der Waals surface area contributed by atoms with Crippen LogP contribution in [0, 0.1) is 13.8 Å². The van der Waals surface area contributed by atoms with Gasteiger partial charge in [0.15, 0.2) is 0 Å². The van der Waals surface area contributed by atoms with Crippen LogP contribution in [0.5, 0.6) is 5.75 Å². The fourth-order valence-corrected chi connectivity index (χ4v) is 2.79. The molecular weight excluding hydrogens is 314 g/mol. The van der Waals surface area contributed by atoms with E-state index in [2.05, 4.69) is 71.5 Å². The Morgan fingerprint density at radius 2 is 1.80 bits per heavy atom. The normalized spacial score (nSPS) is 10.6. The van der Waals surface area contributed by atoms with Gasteiger partial charge in [0, 0.05) is 16.6 Å². The van der Waals surface area contributed by atoms with E-state index in [4.69, 9.17) is 4.74 Å². The van der Waals surface area contributed by atoms with Crippen molar-refractivity contribution in [3.05, 3.63) is 63.1 Å².